The number of unbranched alkanes of at least 4 members (excludes halogenated alkanes) is 1. The Morgan fingerprint density at radius 2 is 1.35 bits per heavy atom. The van der Waals surface area contributed by atoms with Crippen molar-refractivity contribution in [2.24, 2.45) is 0 Å². The molecule has 51 heavy (non-hydrogen) atoms. The number of nitrogens with zero attached hydrogens (tertiary/aromatic N) is 2. The van der Waals surface area contributed by atoms with E-state index in [1.165, 1.54) is 0 Å². The molecule has 1 aliphatic rings. The van der Waals surface area contributed by atoms with Crippen molar-refractivity contribution in [1.29, 1.82) is 0 Å². The lowest BCUT2D eigenvalue weighted by Crippen LogP contribution is -2.54. The molecule has 4 rings (SSSR count). The highest BCUT2D eigenvalue weighted by Crippen LogP contribution is 2.63. The highest BCUT2D eigenvalue weighted by molar-refractivity contribution is 7.62. The van der Waals surface area contributed by atoms with Crippen molar-refractivity contribution in [3.8, 4) is 22.3 Å². The summed E-state index contributed by atoms with van der Waals surface area (Å²) in [6.45, 7) is 12.9. The van der Waals surface area contributed by atoms with Gasteiger partial charge < -0.3 is 19.1 Å². The van der Waals surface area contributed by atoms with Crippen LogP contribution in [0.3, 0.4) is 0 Å². The van der Waals surface area contributed by atoms with E-state index in [-0.39, 0.29) is 45.1 Å². The molecule has 0 aromatic heterocycles. The minimum absolute atomic E-state index is 0.0239. The SMILES string of the molecule is CCOP1(=O)CCN(Cc2ccccc2-c2ccccc2-c2ccccc2)CC1(CCCCN(C(=O)OC(C)(C)C)C(=O)OC(C)(C)C)C(=O)O. The van der Waals surface area contributed by atoms with E-state index in [4.69, 9.17) is 14.0 Å². The van der Waals surface area contributed by atoms with Gasteiger partial charge in [0.1, 0.15) is 11.2 Å². The van der Waals surface area contributed by atoms with Gasteiger partial charge in [0.25, 0.3) is 0 Å². The van der Waals surface area contributed by atoms with Gasteiger partial charge in [0.05, 0.1) is 6.61 Å². The number of ether oxygens (including phenoxy) is 2. The molecule has 0 aliphatic carbocycles. The van der Waals surface area contributed by atoms with Crippen molar-refractivity contribution in [2.75, 3.05) is 32.4 Å². The van der Waals surface area contributed by atoms with Crippen LogP contribution in [0.1, 0.15) is 73.3 Å². The number of hydrogen-bond acceptors (Lipinski definition) is 8. The zero-order valence-corrected chi connectivity index (χ0v) is 31.9. The molecule has 1 fully saturated rings. The Labute approximate surface area is 302 Å². The van der Waals surface area contributed by atoms with E-state index < -0.39 is 41.9 Å². The Balaban J connectivity index is 1.58. The molecular weight excluding hydrogens is 667 g/mol. The lowest BCUT2D eigenvalue weighted by molar-refractivity contribution is -0.141. The van der Waals surface area contributed by atoms with E-state index in [0.717, 1.165) is 32.7 Å². The van der Waals surface area contributed by atoms with E-state index in [0.29, 0.717) is 13.1 Å². The molecule has 0 spiro atoms. The summed E-state index contributed by atoms with van der Waals surface area (Å²) >= 11 is 0. The third kappa shape index (κ3) is 10.1. The van der Waals surface area contributed by atoms with Crippen molar-refractivity contribution in [3.05, 3.63) is 84.4 Å². The molecule has 3 aromatic carbocycles. The lowest BCUT2D eigenvalue weighted by atomic mass is 9.91. The van der Waals surface area contributed by atoms with Gasteiger partial charge in [-0.15, -0.1) is 0 Å². The van der Waals surface area contributed by atoms with Crippen LogP contribution in [0.4, 0.5) is 9.59 Å². The predicted octanol–water partition coefficient (Wildman–Crippen LogP) is 9.32. The van der Waals surface area contributed by atoms with Gasteiger partial charge in [-0.1, -0.05) is 78.9 Å². The lowest BCUT2D eigenvalue weighted by Gasteiger charge is -2.45. The fraction of sp³-hybridized carbons (Fsp3) is 0.475. The fourth-order valence-corrected chi connectivity index (χ4v) is 9.45. The van der Waals surface area contributed by atoms with Crippen molar-refractivity contribution < 1.29 is 38.1 Å². The smallest absolute Gasteiger partial charge is 0.419 e. The van der Waals surface area contributed by atoms with Gasteiger partial charge >= 0.3 is 18.2 Å². The van der Waals surface area contributed by atoms with Crippen molar-refractivity contribution >= 4 is 25.5 Å². The molecule has 2 amide bonds. The number of carboxylic acids is 1. The van der Waals surface area contributed by atoms with Crippen LogP contribution in [0.5, 0.6) is 0 Å². The molecule has 1 heterocycles. The Morgan fingerprint density at radius 1 is 0.804 bits per heavy atom. The van der Waals surface area contributed by atoms with Crippen LogP contribution in [0.2, 0.25) is 0 Å². The molecule has 1 N–H and O–H groups in total. The van der Waals surface area contributed by atoms with Crippen molar-refractivity contribution in [2.45, 2.75) is 90.6 Å². The minimum Gasteiger partial charge on any atom is -0.480 e. The van der Waals surface area contributed by atoms with Gasteiger partial charge in [0.15, 0.2) is 5.16 Å². The van der Waals surface area contributed by atoms with Crippen LogP contribution >= 0.6 is 7.37 Å². The Hall–Kier alpha value is -3.98. The second kappa shape index (κ2) is 16.6. The molecule has 10 nitrogen and oxygen atoms in total. The van der Waals surface area contributed by atoms with Gasteiger partial charge in [-0.2, -0.15) is 0 Å². The molecule has 0 bridgehead atoms. The van der Waals surface area contributed by atoms with Crippen LogP contribution in [0, 0.1) is 0 Å². The van der Waals surface area contributed by atoms with Crippen LogP contribution in [-0.2, 0) is 29.9 Å². The predicted molar refractivity (Wildman–Crippen MR) is 200 cm³/mol. The summed E-state index contributed by atoms with van der Waals surface area (Å²) in [5, 5.41) is 9.15. The number of benzene rings is 3. The minimum atomic E-state index is -3.67. The van der Waals surface area contributed by atoms with E-state index in [1.54, 1.807) is 48.5 Å². The number of carboxylic acid groups (broad SMARTS) is 1. The summed E-state index contributed by atoms with van der Waals surface area (Å²) < 4.78 is 31.3. The van der Waals surface area contributed by atoms with Gasteiger partial charge in [-0.25, -0.2) is 14.5 Å². The molecule has 2 atom stereocenters. The second-order valence-corrected chi connectivity index (χ2v) is 17.9. The van der Waals surface area contributed by atoms with Crippen LogP contribution in [0.25, 0.3) is 22.3 Å². The highest BCUT2D eigenvalue weighted by atomic mass is 31.2. The molecule has 1 aliphatic heterocycles. The maximum Gasteiger partial charge on any atom is 0.419 e. The fourth-order valence-electron chi connectivity index (χ4n) is 6.47. The van der Waals surface area contributed by atoms with E-state index in [1.807, 2.05) is 42.5 Å². The third-order valence-corrected chi connectivity index (χ3v) is 12.1. The van der Waals surface area contributed by atoms with E-state index >= 15 is 0 Å². The summed E-state index contributed by atoms with van der Waals surface area (Å²) in [6.07, 6.45) is -1.05. The van der Waals surface area contributed by atoms with Gasteiger partial charge in [-0.3, -0.25) is 14.3 Å². The van der Waals surface area contributed by atoms with Gasteiger partial charge in [0, 0.05) is 32.3 Å². The zero-order valence-electron chi connectivity index (χ0n) is 31.0. The first kappa shape index (κ1) is 39.8. The number of carbonyl (C=O) groups excluding carboxylic acids is 2. The quantitative estimate of drug-likeness (QED) is 0.144. The van der Waals surface area contributed by atoms with E-state index in [9.17, 15) is 24.1 Å². The largest absolute Gasteiger partial charge is 0.480 e. The van der Waals surface area contributed by atoms with Gasteiger partial charge in [-0.05, 0) is 95.5 Å². The average molecular weight is 721 g/mol. The Morgan fingerprint density at radius 3 is 1.92 bits per heavy atom. The number of rotatable bonds is 12. The average Bonchev–Trinajstić information content (AvgIpc) is 3.05. The van der Waals surface area contributed by atoms with Crippen molar-refractivity contribution in [3.63, 3.8) is 0 Å². The Bertz CT molecular complexity index is 1690. The normalized spacial score (nSPS) is 19.7. The van der Waals surface area contributed by atoms with Crippen molar-refractivity contribution in [1.82, 2.24) is 9.80 Å². The number of carbonyl (C=O) groups is 3. The molecular formula is C40H53N2O8P. The van der Waals surface area contributed by atoms with Crippen LogP contribution < -0.4 is 0 Å². The van der Waals surface area contributed by atoms with E-state index in [2.05, 4.69) is 41.3 Å². The number of amides is 2. The summed E-state index contributed by atoms with van der Waals surface area (Å²) in [5.41, 5.74) is 3.64. The number of imide groups is 1. The maximum absolute atomic E-state index is 14.5. The maximum atomic E-state index is 14.5. The van der Waals surface area contributed by atoms with Gasteiger partial charge in [0.2, 0.25) is 7.37 Å². The third-order valence-electron chi connectivity index (χ3n) is 8.75. The first-order valence-corrected chi connectivity index (χ1v) is 19.5. The molecule has 0 saturated carbocycles. The first-order chi connectivity index (χ1) is 24.0. The molecule has 11 heteroatoms. The summed E-state index contributed by atoms with van der Waals surface area (Å²) in [6, 6.07) is 26.5. The molecule has 3 aromatic rings. The topological polar surface area (TPSA) is 123 Å². The highest BCUT2D eigenvalue weighted by Gasteiger charge is 2.58. The molecule has 1 saturated heterocycles. The van der Waals surface area contributed by atoms with Crippen LogP contribution in [0.15, 0.2) is 78.9 Å². The molecule has 2 unspecified atom stereocenters. The number of hydrogen-bond donors (Lipinski definition) is 1. The molecule has 276 valence electrons. The second-order valence-electron chi connectivity index (χ2n) is 15.0. The summed E-state index contributed by atoms with van der Waals surface area (Å²) in [5.74, 6) is -1.18. The summed E-state index contributed by atoms with van der Waals surface area (Å²) in [7, 11) is -3.67. The molecule has 0 radical (unpaired) electrons. The first-order valence-electron chi connectivity index (χ1n) is 17.6. The van der Waals surface area contributed by atoms with Crippen LogP contribution in [-0.4, -0.2) is 81.8 Å². The standard InChI is InChI=1S/C40H53N2O8P/c1-8-48-51(47)27-26-41(28-31-20-12-13-22-33(31)34-23-15-14-21-32(34)30-18-10-9-11-19-30)29-40(51,35(43)44)24-16-17-25-42(36(45)49-38(2,3)4)37(46)50-39(5,6)7/h9-15,18-23H,8,16-17,24-29H2,1-7H3,(H,43,44). The zero-order chi connectivity index (χ0) is 37.5. The monoisotopic (exact) mass is 720 g/mol. The Kier molecular flexibility index (Phi) is 12.9. The summed E-state index contributed by atoms with van der Waals surface area (Å²) in [4.78, 5) is 42.3. The number of aliphatic carboxylic acids is 1.